The minimum Gasteiger partial charge on any atom is -0.383 e. The third-order valence-electron chi connectivity index (χ3n) is 5.10. The van der Waals surface area contributed by atoms with Gasteiger partial charge in [-0.1, -0.05) is 51.6 Å². The molecular formula is C19H15Cl4N5O2. The van der Waals surface area contributed by atoms with Gasteiger partial charge in [0.15, 0.2) is 0 Å². The molecule has 0 bridgehead atoms. The number of benzene rings is 1. The zero-order valence-corrected chi connectivity index (χ0v) is 18.4. The Bertz CT molecular complexity index is 1070. The summed E-state index contributed by atoms with van der Waals surface area (Å²) < 4.78 is 1.57. The molecule has 7 nitrogen and oxygen atoms in total. The first kappa shape index (κ1) is 21.3. The highest BCUT2D eigenvalue weighted by Crippen LogP contribution is 2.39. The van der Waals surface area contributed by atoms with Gasteiger partial charge in [0.2, 0.25) is 0 Å². The molecule has 3 aromatic rings. The van der Waals surface area contributed by atoms with Crippen molar-refractivity contribution in [3.63, 3.8) is 0 Å². The summed E-state index contributed by atoms with van der Waals surface area (Å²) in [7, 11) is 0. The molecule has 1 fully saturated rings. The monoisotopic (exact) mass is 485 g/mol. The number of nitrogens with zero attached hydrogens (tertiary/aromatic N) is 5. The topological polar surface area (TPSA) is 84.1 Å². The fourth-order valence-electron chi connectivity index (χ4n) is 3.35. The van der Waals surface area contributed by atoms with Crippen molar-refractivity contribution in [3.05, 3.63) is 68.1 Å². The average molecular weight is 487 g/mol. The predicted octanol–water partition coefficient (Wildman–Crippen LogP) is 4.40. The summed E-state index contributed by atoms with van der Waals surface area (Å²) in [4.78, 5) is 18.5. The van der Waals surface area contributed by atoms with Crippen LogP contribution in [0.3, 0.4) is 0 Å². The van der Waals surface area contributed by atoms with Gasteiger partial charge in [-0.3, -0.25) is 9.78 Å². The van der Waals surface area contributed by atoms with Gasteiger partial charge in [-0.05, 0) is 31.0 Å². The van der Waals surface area contributed by atoms with Gasteiger partial charge in [0.25, 0.3) is 5.91 Å². The van der Waals surface area contributed by atoms with Gasteiger partial charge >= 0.3 is 0 Å². The second-order valence-corrected chi connectivity index (χ2v) is 8.49. The quantitative estimate of drug-likeness (QED) is 0.554. The molecule has 3 heterocycles. The minimum atomic E-state index is -1.21. The van der Waals surface area contributed by atoms with Gasteiger partial charge in [-0.2, -0.15) is 0 Å². The average Bonchev–Trinajstić information content (AvgIpc) is 3.25. The van der Waals surface area contributed by atoms with E-state index in [4.69, 9.17) is 46.4 Å². The Kier molecular flexibility index (Phi) is 5.92. The Hall–Kier alpha value is -1.90. The fraction of sp³-hybridized carbons (Fsp3) is 0.263. The highest BCUT2D eigenvalue weighted by molar-refractivity contribution is 6.50. The lowest BCUT2D eigenvalue weighted by Gasteiger charge is -2.37. The van der Waals surface area contributed by atoms with Crippen LogP contribution in [0.1, 0.15) is 28.9 Å². The van der Waals surface area contributed by atoms with E-state index in [1.165, 1.54) is 6.07 Å². The molecule has 0 atom stereocenters. The van der Waals surface area contributed by atoms with E-state index in [1.807, 2.05) is 0 Å². The number of pyridine rings is 1. The summed E-state index contributed by atoms with van der Waals surface area (Å²) in [5, 5.41) is 19.7. The van der Waals surface area contributed by atoms with E-state index < -0.39 is 11.5 Å². The number of carbonyl (C=O) groups excluding carboxylic acids is 1. The highest BCUT2D eigenvalue weighted by Gasteiger charge is 2.39. The van der Waals surface area contributed by atoms with Crippen molar-refractivity contribution < 1.29 is 9.90 Å². The third-order valence-corrected chi connectivity index (χ3v) is 6.68. The van der Waals surface area contributed by atoms with Crippen LogP contribution in [0.4, 0.5) is 0 Å². The maximum absolute atomic E-state index is 13.0. The van der Waals surface area contributed by atoms with Crippen LogP contribution in [-0.2, 0) is 5.60 Å². The summed E-state index contributed by atoms with van der Waals surface area (Å²) in [5.74, 6) is -0.392. The second-order valence-electron chi connectivity index (χ2n) is 6.92. The number of rotatable bonds is 3. The normalized spacial score (nSPS) is 16.0. The first-order valence-electron chi connectivity index (χ1n) is 8.98. The van der Waals surface area contributed by atoms with E-state index >= 15 is 0 Å². The molecule has 1 amide bonds. The molecule has 30 heavy (non-hydrogen) atoms. The number of likely N-dealkylation sites (tertiary alicyclic amines) is 1. The third kappa shape index (κ3) is 3.88. The Morgan fingerprint density at radius 1 is 1.03 bits per heavy atom. The van der Waals surface area contributed by atoms with Gasteiger partial charge in [0, 0.05) is 25.5 Å². The van der Waals surface area contributed by atoms with Crippen molar-refractivity contribution in [3.8, 4) is 5.69 Å². The molecular weight excluding hydrogens is 472 g/mol. The molecule has 0 saturated carbocycles. The molecule has 2 aromatic heterocycles. The largest absolute Gasteiger partial charge is 0.383 e. The first-order valence-corrected chi connectivity index (χ1v) is 10.5. The molecule has 1 N–H and O–H groups in total. The lowest BCUT2D eigenvalue weighted by atomic mass is 9.88. The van der Waals surface area contributed by atoms with Crippen LogP contribution in [0, 0.1) is 0 Å². The Morgan fingerprint density at radius 3 is 2.23 bits per heavy atom. The maximum atomic E-state index is 13.0. The fourth-order valence-corrected chi connectivity index (χ4v) is 4.33. The first-order chi connectivity index (χ1) is 14.3. The molecule has 0 radical (unpaired) electrons. The van der Waals surface area contributed by atoms with Crippen molar-refractivity contribution in [2.45, 2.75) is 18.4 Å². The van der Waals surface area contributed by atoms with Crippen LogP contribution >= 0.6 is 46.4 Å². The number of halogens is 4. The van der Waals surface area contributed by atoms with Crippen LogP contribution < -0.4 is 0 Å². The highest BCUT2D eigenvalue weighted by atomic mass is 35.5. The Morgan fingerprint density at radius 2 is 1.63 bits per heavy atom. The van der Waals surface area contributed by atoms with E-state index in [0.717, 1.165) is 5.69 Å². The summed E-state index contributed by atoms with van der Waals surface area (Å²) in [6.45, 7) is 0.544. The number of piperidine rings is 1. The van der Waals surface area contributed by atoms with E-state index in [9.17, 15) is 9.90 Å². The molecule has 1 saturated heterocycles. The molecule has 1 aliphatic heterocycles. The van der Waals surface area contributed by atoms with Gasteiger partial charge in [-0.15, -0.1) is 5.10 Å². The van der Waals surface area contributed by atoms with Crippen LogP contribution in [0.15, 0.2) is 36.8 Å². The lowest BCUT2D eigenvalue weighted by molar-refractivity contribution is -0.0244. The molecule has 11 heteroatoms. The maximum Gasteiger partial charge on any atom is 0.257 e. The van der Waals surface area contributed by atoms with Gasteiger partial charge < -0.3 is 10.0 Å². The molecule has 156 valence electrons. The van der Waals surface area contributed by atoms with Crippen molar-refractivity contribution in [1.29, 1.82) is 0 Å². The smallest absolute Gasteiger partial charge is 0.257 e. The summed E-state index contributed by atoms with van der Waals surface area (Å²) in [5.41, 5.74) is 0.0713. The van der Waals surface area contributed by atoms with Crippen LogP contribution in [0.5, 0.6) is 0 Å². The molecule has 1 aromatic carbocycles. The number of hydrogen-bond acceptors (Lipinski definition) is 5. The van der Waals surface area contributed by atoms with Crippen LogP contribution in [-0.4, -0.2) is 49.0 Å². The molecule has 0 aliphatic carbocycles. The SMILES string of the molecule is O=C(c1c(Cl)c(Cl)cc(Cl)c1Cl)N1CCC(O)(c2cn(-c3ccncc3)nn2)CC1. The predicted molar refractivity (Wildman–Crippen MR) is 115 cm³/mol. The molecule has 0 unspecified atom stereocenters. The number of hydrogen-bond donors (Lipinski definition) is 1. The molecule has 4 rings (SSSR count). The van der Waals surface area contributed by atoms with E-state index in [0.29, 0.717) is 5.69 Å². The van der Waals surface area contributed by atoms with Crippen molar-refractivity contribution in [2.24, 2.45) is 0 Å². The van der Waals surface area contributed by atoms with E-state index in [1.54, 1.807) is 40.3 Å². The van der Waals surface area contributed by atoms with Crippen molar-refractivity contribution in [2.75, 3.05) is 13.1 Å². The van der Waals surface area contributed by atoms with Crippen LogP contribution in [0.25, 0.3) is 5.69 Å². The second kappa shape index (κ2) is 8.32. The molecule has 1 aliphatic rings. The number of carbonyl (C=O) groups is 1. The minimum absolute atomic E-state index is 0.0530. The lowest BCUT2D eigenvalue weighted by Crippen LogP contribution is -2.45. The zero-order valence-electron chi connectivity index (χ0n) is 15.4. The number of aromatic nitrogens is 4. The van der Waals surface area contributed by atoms with Crippen LogP contribution in [0.2, 0.25) is 20.1 Å². The molecule has 0 spiro atoms. The van der Waals surface area contributed by atoms with Crippen molar-refractivity contribution in [1.82, 2.24) is 24.9 Å². The van der Waals surface area contributed by atoms with E-state index in [2.05, 4.69) is 15.3 Å². The van der Waals surface area contributed by atoms with E-state index in [-0.39, 0.29) is 51.6 Å². The number of amides is 1. The Balaban J connectivity index is 1.52. The standard InChI is InChI=1S/C19H15Cl4N5O2/c20-12-9-13(21)17(23)15(16(12)22)18(29)27-7-3-19(30,4-8-27)14-10-28(26-25-14)11-1-5-24-6-2-11/h1-2,5-6,9-10,30H,3-4,7-8H2. The summed E-state index contributed by atoms with van der Waals surface area (Å²) in [6, 6.07) is 4.96. The summed E-state index contributed by atoms with van der Waals surface area (Å²) >= 11 is 24.5. The van der Waals surface area contributed by atoms with Crippen molar-refractivity contribution >= 4 is 52.3 Å². The number of aliphatic hydroxyl groups is 1. The van der Waals surface area contributed by atoms with Gasteiger partial charge in [-0.25, -0.2) is 4.68 Å². The summed E-state index contributed by atoms with van der Waals surface area (Å²) in [6.07, 6.45) is 5.52. The zero-order chi connectivity index (χ0) is 21.5. The van der Waals surface area contributed by atoms with Gasteiger partial charge in [0.1, 0.15) is 11.3 Å². The van der Waals surface area contributed by atoms with Gasteiger partial charge in [0.05, 0.1) is 37.5 Å². The Labute approximate surface area is 192 Å².